The van der Waals surface area contributed by atoms with Crippen LogP contribution in [-0.4, -0.2) is 11.0 Å². The highest BCUT2D eigenvalue weighted by Gasteiger charge is 2.32. The number of hydrogen-bond donors (Lipinski definition) is 0. The molecular formula is C17H20N2O3. The van der Waals surface area contributed by atoms with Gasteiger partial charge in [0.15, 0.2) is 0 Å². The Kier molecular flexibility index (Phi) is 4.32. The monoisotopic (exact) mass is 300 g/mol. The lowest BCUT2D eigenvalue weighted by Gasteiger charge is -2.24. The van der Waals surface area contributed by atoms with Crippen molar-refractivity contribution in [3.05, 3.63) is 50.4 Å². The van der Waals surface area contributed by atoms with E-state index < -0.39 is 0 Å². The van der Waals surface area contributed by atoms with Gasteiger partial charge in [0, 0.05) is 12.1 Å². The highest BCUT2D eigenvalue weighted by molar-refractivity contribution is 5.76. The SMILES string of the molecule is O=NC1CCC(C2CCCCC2)=C1c1cccc([N+](=O)[O-])c1. The van der Waals surface area contributed by atoms with E-state index in [1.54, 1.807) is 12.1 Å². The van der Waals surface area contributed by atoms with Crippen LogP contribution in [-0.2, 0) is 0 Å². The summed E-state index contributed by atoms with van der Waals surface area (Å²) in [6.45, 7) is 0. The standard InChI is InChI=1S/C17H20N2O3/c20-18-16-10-9-15(12-5-2-1-3-6-12)17(16)13-7-4-8-14(11-13)19(21)22/h4,7-8,11-12,16H,1-3,5-6,9-10H2. The third kappa shape index (κ3) is 2.80. The number of nitrogens with zero attached hydrogens (tertiary/aromatic N) is 2. The Morgan fingerprint density at radius 3 is 2.59 bits per heavy atom. The van der Waals surface area contributed by atoms with E-state index in [0.29, 0.717) is 5.92 Å². The molecule has 0 bridgehead atoms. The van der Waals surface area contributed by atoms with Crippen molar-refractivity contribution in [2.24, 2.45) is 11.1 Å². The second-order valence-corrected chi connectivity index (χ2v) is 6.24. The van der Waals surface area contributed by atoms with Gasteiger partial charge in [-0.3, -0.25) is 10.1 Å². The summed E-state index contributed by atoms with van der Waals surface area (Å²) in [5, 5.41) is 14.3. The maximum atomic E-state index is 11.2. The number of non-ortho nitro benzene ring substituents is 1. The molecule has 0 radical (unpaired) electrons. The summed E-state index contributed by atoms with van der Waals surface area (Å²) in [4.78, 5) is 21.8. The summed E-state index contributed by atoms with van der Waals surface area (Å²) < 4.78 is 0. The molecule has 116 valence electrons. The van der Waals surface area contributed by atoms with E-state index in [2.05, 4.69) is 5.18 Å². The first-order chi connectivity index (χ1) is 10.7. The van der Waals surface area contributed by atoms with Gasteiger partial charge in [-0.2, -0.15) is 4.91 Å². The van der Waals surface area contributed by atoms with Crippen LogP contribution in [0, 0.1) is 20.9 Å². The summed E-state index contributed by atoms with van der Waals surface area (Å²) >= 11 is 0. The molecule has 22 heavy (non-hydrogen) atoms. The van der Waals surface area contributed by atoms with Crippen molar-refractivity contribution in [1.29, 1.82) is 0 Å². The highest BCUT2D eigenvalue weighted by Crippen LogP contribution is 2.44. The van der Waals surface area contributed by atoms with E-state index in [1.807, 2.05) is 6.07 Å². The van der Waals surface area contributed by atoms with Gasteiger partial charge in [-0.25, -0.2) is 0 Å². The molecule has 1 saturated carbocycles. The highest BCUT2D eigenvalue weighted by atomic mass is 16.6. The largest absolute Gasteiger partial charge is 0.270 e. The zero-order chi connectivity index (χ0) is 15.5. The minimum atomic E-state index is -0.386. The van der Waals surface area contributed by atoms with E-state index in [-0.39, 0.29) is 16.7 Å². The zero-order valence-corrected chi connectivity index (χ0v) is 12.5. The van der Waals surface area contributed by atoms with Crippen molar-refractivity contribution in [1.82, 2.24) is 0 Å². The first-order valence-electron chi connectivity index (χ1n) is 8.01. The Morgan fingerprint density at radius 2 is 1.91 bits per heavy atom. The number of rotatable bonds is 4. The molecule has 0 saturated heterocycles. The van der Waals surface area contributed by atoms with Crippen molar-refractivity contribution >= 4 is 11.3 Å². The van der Waals surface area contributed by atoms with Crippen molar-refractivity contribution in [2.75, 3.05) is 0 Å². The summed E-state index contributed by atoms with van der Waals surface area (Å²) in [5.74, 6) is 0.523. The van der Waals surface area contributed by atoms with E-state index in [0.717, 1.165) is 24.0 Å². The molecule has 1 aromatic carbocycles. The Labute approximate surface area is 129 Å². The smallest absolute Gasteiger partial charge is 0.258 e. The van der Waals surface area contributed by atoms with Gasteiger partial charge >= 0.3 is 0 Å². The number of nitro groups is 1. The van der Waals surface area contributed by atoms with Crippen LogP contribution in [0.15, 0.2) is 35.0 Å². The summed E-state index contributed by atoms with van der Waals surface area (Å²) in [6, 6.07) is 6.29. The lowest BCUT2D eigenvalue weighted by Crippen LogP contribution is -2.10. The van der Waals surface area contributed by atoms with Crippen molar-refractivity contribution in [3.8, 4) is 0 Å². The quantitative estimate of drug-likeness (QED) is 0.453. The van der Waals surface area contributed by atoms with Gasteiger partial charge in [0.05, 0.1) is 4.92 Å². The Morgan fingerprint density at radius 1 is 1.14 bits per heavy atom. The molecule has 0 aromatic heterocycles. The van der Waals surface area contributed by atoms with Gasteiger partial charge in [0.25, 0.3) is 5.69 Å². The van der Waals surface area contributed by atoms with Crippen LogP contribution < -0.4 is 0 Å². The second-order valence-electron chi connectivity index (χ2n) is 6.24. The van der Waals surface area contributed by atoms with Crippen LogP contribution in [0.1, 0.15) is 50.5 Å². The first kappa shape index (κ1) is 14.9. The average Bonchev–Trinajstić information content (AvgIpc) is 2.99. The molecule has 0 amide bonds. The third-order valence-corrected chi connectivity index (χ3v) is 4.96. The van der Waals surface area contributed by atoms with Gasteiger partial charge in [0.1, 0.15) is 6.04 Å². The second kappa shape index (κ2) is 6.38. The third-order valence-electron chi connectivity index (χ3n) is 4.96. The lowest BCUT2D eigenvalue weighted by atomic mass is 9.81. The molecule has 2 aliphatic carbocycles. The minimum Gasteiger partial charge on any atom is -0.258 e. The Balaban J connectivity index is 2.03. The summed E-state index contributed by atoms with van der Waals surface area (Å²) in [6.07, 6.45) is 7.72. The van der Waals surface area contributed by atoms with E-state index in [9.17, 15) is 15.0 Å². The fraction of sp³-hybridized carbons (Fsp3) is 0.529. The van der Waals surface area contributed by atoms with Gasteiger partial charge in [0.2, 0.25) is 0 Å². The maximum Gasteiger partial charge on any atom is 0.270 e. The molecule has 1 fully saturated rings. The molecule has 0 heterocycles. The number of nitroso groups, excluding NO2 is 1. The fourth-order valence-corrected chi connectivity index (χ4v) is 3.93. The van der Waals surface area contributed by atoms with Crippen LogP contribution >= 0.6 is 0 Å². The lowest BCUT2D eigenvalue weighted by molar-refractivity contribution is -0.384. The molecule has 2 aliphatic rings. The number of allylic oxidation sites excluding steroid dienone is 1. The summed E-state index contributed by atoms with van der Waals surface area (Å²) in [5.41, 5.74) is 3.16. The van der Waals surface area contributed by atoms with Gasteiger partial charge < -0.3 is 0 Å². The molecule has 0 N–H and O–H groups in total. The van der Waals surface area contributed by atoms with Crippen LogP contribution in [0.2, 0.25) is 0 Å². The molecule has 3 rings (SSSR count). The minimum absolute atomic E-state index is 0.0737. The topological polar surface area (TPSA) is 72.6 Å². The Bertz CT molecular complexity index is 618. The molecular weight excluding hydrogens is 280 g/mol. The first-order valence-corrected chi connectivity index (χ1v) is 8.01. The van der Waals surface area contributed by atoms with E-state index in [4.69, 9.17) is 0 Å². The predicted molar refractivity (Wildman–Crippen MR) is 85.4 cm³/mol. The van der Waals surface area contributed by atoms with Crippen LogP contribution in [0.3, 0.4) is 0 Å². The van der Waals surface area contributed by atoms with Gasteiger partial charge in [-0.15, -0.1) is 0 Å². The molecule has 0 spiro atoms. The number of hydrogen-bond acceptors (Lipinski definition) is 4. The average molecular weight is 300 g/mol. The van der Waals surface area contributed by atoms with Crippen LogP contribution in [0.25, 0.3) is 5.57 Å². The molecule has 1 atom stereocenters. The van der Waals surface area contributed by atoms with E-state index in [1.165, 1.54) is 43.7 Å². The fourth-order valence-electron chi connectivity index (χ4n) is 3.93. The molecule has 1 aromatic rings. The van der Waals surface area contributed by atoms with Crippen LogP contribution in [0.5, 0.6) is 0 Å². The zero-order valence-electron chi connectivity index (χ0n) is 12.5. The van der Waals surface area contributed by atoms with Crippen molar-refractivity contribution in [2.45, 2.75) is 51.0 Å². The van der Waals surface area contributed by atoms with Crippen LogP contribution in [0.4, 0.5) is 5.69 Å². The Hall–Kier alpha value is -2.04. The van der Waals surface area contributed by atoms with E-state index >= 15 is 0 Å². The summed E-state index contributed by atoms with van der Waals surface area (Å²) in [7, 11) is 0. The molecule has 5 heteroatoms. The normalized spacial score (nSPS) is 22.8. The predicted octanol–water partition coefficient (Wildman–Crippen LogP) is 4.86. The number of nitro benzene ring substituents is 1. The van der Waals surface area contributed by atoms with Gasteiger partial charge in [-0.05, 0) is 42.7 Å². The number of benzene rings is 1. The van der Waals surface area contributed by atoms with Gasteiger partial charge in [-0.1, -0.05) is 42.1 Å². The van der Waals surface area contributed by atoms with Crippen molar-refractivity contribution < 1.29 is 4.92 Å². The molecule has 1 unspecified atom stereocenters. The molecule has 0 aliphatic heterocycles. The maximum absolute atomic E-state index is 11.2. The van der Waals surface area contributed by atoms with Crippen molar-refractivity contribution in [3.63, 3.8) is 0 Å². The molecule has 5 nitrogen and oxygen atoms in total.